The van der Waals surface area contributed by atoms with Crippen LogP contribution in [0, 0.1) is 0 Å². The molecule has 0 unspecified atom stereocenters. The van der Waals surface area contributed by atoms with Gasteiger partial charge in [0.1, 0.15) is 0 Å². The number of rotatable bonds is 5. The van der Waals surface area contributed by atoms with Gasteiger partial charge in [-0.3, -0.25) is 9.69 Å². The lowest BCUT2D eigenvalue weighted by Crippen LogP contribution is -2.29. The van der Waals surface area contributed by atoms with Crippen LogP contribution in [0.1, 0.15) is 56.7 Å². The van der Waals surface area contributed by atoms with Gasteiger partial charge in [0.15, 0.2) is 0 Å². The van der Waals surface area contributed by atoms with Crippen LogP contribution >= 0.6 is 0 Å². The molecule has 0 atom stereocenters. The number of nitrogens with one attached hydrogen (secondary N) is 1. The average Bonchev–Trinajstić information content (AvgIpc) is 2.68. The lowest BCUT2D eigenvalue weighted by Gasteiger charge is -2.26. The third-order valence-corrected chi connectivity index (χ3v) is 5.28. The van der Waals surface area contributed by atoms with Gasteiger partial charge >= 0.3 is 0 Å². The van der Waals surface area contributed by atoms with E-state index in [4.69, 9.17) is 0 Å². The van der Waals surface area contributed by atoms with Gasteiger partial charge in [0, 0.05) is 18.3 Å². The maximum absolute atomic E-state index is 12.2. The summed E-state index contributed by atoms with van der Waals surface area (Å²) in [6, 6.07) is 16.6. The van der Waals surface area contributed by atoms with Crippen molar-refractivity contribution in [1.82, 2.24) is 4.90 Å². The van der Waals surface area contributed by atoms with Crippen molar-refractivity contribution in [1.29, 1.82) is 0 Å². The number of nitrogens with zero attached hydrogens (tertiary/aromatic N) is 1. The highest BCUT2D eigenvalue weighted by molar-refractivity contribution is 6.01. The Kier molecular flexibility index (Phi) is 6.69. The molecule has 0 aliphatic carbocycles. The molecule has 28 heavy (non-hydrogen) atoms. The summed E-state index contributed by atoms with van der Waals surface area (Å²) in [6.45, 7) is 9.98. The summed E-state index contributed by atoms with van der Waals surface area (Å²) in [5, 5.41) is 2.94. The molecule has 1 heterocycles. The molecule has 0 radical (unpaired) electrons. The molecule has 0 bridgehead atoms. The molecule has 1 N–H and O–H groups in total. The van der Waals surface area contributed by atoms with E-state index in [2.05, 4.69) is 67.4 Å². The lowest BCUT2D eigenvalue weighted by molar-refractivity contribution is -0.111. The van der Waals surface area contributed by atoms with Crippen molar-refractivity contribution in [3.8, 4) is 0 Å². The monoisotopic (exact) mass is 376 g/mol. The van der Waals surface area contributed by atoms with Crippen molar-refractivity contribution in [2.75, 3.05) is 18.4 Å². The van der Waals surface area contributed by atoms with Gasteiger partial charge in [-0.25, -0.2) is 0 Å². The Morgan fingerprint density at radius 2 is 1.61 bits per heavy atom. The maximum Gasteiger partial charge on any atom is 0.248 e. The molecule has 2 aromatic rings. The number of anilines is 1. The molecule has 3 nitrogen and oxygen atoms in total. The van der Waals surface area contributed by atoms with Crippen LogP contribution in [-0.4, -0.2) is 23.9 Å². The lowest BCUT2D eigenvalue weighted by atomic mass is 9.87. The fourth-order valence-corrected chi connectivity index (χ4v) is 3.52. The van der Waals surface area contributed by atoms with Crippen LogP contribution in [0.2, 0.25) is 0 Å². The van der Waals surface area contributed by atoms with Crippen LogP contribution in [0.3, 0.4) is 0 Å². The van der Waals surface area contributed by atoms with Gasteiger partial charge in [0.05, 0.1) is 0 Å². The van der Waals surface area contributed by atoms with Gasteiger partial charge < -0.3 is 5.32 Å². The van der Waals surface area contributed by atoms with Gasteiger partial charge in [-0.1, -0.05) is 63.6 Å². The third-order valence-electron chi connectivity index (χ3n) is 5.28. The van der Waals surface area contributed by atoms with Gasteiger partial charge in [-0.2, -0.15) is 0 Å². The summed E-state index contributed by atoms with van der Waals surface area (Å²) in [6.07, 6.45) is 7.41. The third kappa shape index (κ3) is 6.07. The summed E-state index contributed by atoms with van der Waals surface area (Å²) in [4.78, 5) is 14.7. The molecule has 148 valence electrons. The Morgan fingerprint density at radius 1 is 0.964 bits per heavy atom. The minimum absolute atomic E-state index is 0.108. The van der Waals surface area contributed by atoms with Crippen LogP contribution < -0.4 is 5.32 Å². The molecule has 3 heteroatoms. The van der Waals surface area contributed by atoms with Crippen LogP contribution in [0.25, 0.3) is 6.08 Å². The van der Waals surface area contributed by atoms with Crippen molar-refractivity contribution in [2.24, 2.45) is 0 Å². The predicted octanol–water partition coefficient (Wildman–Crippen LogP) is 5.62. The fourth-order valence-electron chi connectivity index (χ4n) is 3.52. The number of carbonyl (C=O) groups excluding carboxylic acids is 1. The summed E-state index contributed by atoms with van der Waals surface area (Å²) >= 11 is 0. The first-order valence-electron chi connectivity index (χ1n) is 10.3. The second-order valence-corrected chi connectivity index (χ2v) is 8.73. The van der Waals surface area contributed by atoms with Crippen LogP contribution in [0.15, 0.2) is 54.6 Å². The van der Waals surface area contributed by atoms with Gasteiger partial charge in [0.25, 0.3) is 0 Å². The van der Waals surface area contributed by atoms with E-state index < -0.39 is 0 Å². The first-order valence-corrected chi connectivity index (χ1v) is 10.3. The van der Waals surface area contributed by atoms with E-state index in [9.17, 15) is 4.79 Å². The molecule has 1 saturated heterocycles. The van der Waals surface area contributed by atoms with Gasteiger partial charge in [-0.05, 0) is 66.2 Å². The molecule has 0 spiro atoms. The SMILES string of the molecule is CC(C)(C)c1ccc(/C=C/C(=O)Nc2ccc(CN3CCCCC3)cc2)cc1. The highest BCUT2D eigenvalue weighted by Gasteiger charge is 2.12. The molecule has 1 aliphatic rings. The number of hydrogen-bond donors (Lipinski definition) is 1. The Balaban J connectivity index is 1.52. The quantitative estimate of drug-likeness (QED) is 0.687. The standard InChI is InChI=1S/C25H32N2O/c1-25(2,3)22-12-7-20(8-13-22)11-16-24(28)26-23-14-9-21(10-15-23)19-27-17-5-4-6-18-27/h7-16H,4-6,17-19H2,1-3H3,(H,26,28)/b16-11+. The molecule has 0 saturated carbocycles. The smallest absolute Gasteiger partial charge is 0.248 e. The zero-order chi connectivity index (χ0) is 20.0. The molecule has 1 fully saturated rings. The molecule has 3 rings (SSSR count). The number of likely N-dealkylation sites (tertiary alicyclic amines) is 1. The molecular weight excluding hydrogens is 344 g/mol. The van der Waals surface area contributed by atoms with Gasteiger partial charge in [0.2, 0.25) is 5.91 Å². The average molecular weight is 377 g/mol. The van der Waals surface area contributed by atoms with Crippen LogP contribution in [0.5, 0.6) is 0 Å². The van der Waals surface area contributed by atoms with Gasteiger partial charge in [-0.15, -0.1) is 0 Å². The zero-order valence-electron chi connectivity index (χ0n) is 17.4. The number of piperidine rings is 1. The topological polar surface area (TPSA) is 32.3 Å². The van der Waals surface area contributed by atoms with Crippen LogP contribution in [0.4, 0.5) is 5.69 Å². The predicted molar refractivity (Wildman–Crippen MR) is 118 cm³/mol. The van der Waals surface area contributed by atoms with E-state index in [1.54, 1.807) is 6.08 Å². The summed E-state index contributed by atoms with van der Waals surface area (Å²) < 4.78 is 0. The molecular formula is C25H32N2O. The minimum Gasteiger partial charge on any atom is -0.323 e. The number of amides is 1. The number of hydrogen-bond acceptors (Lipinski definition) is 2. The van der Waals surface area contributed by atoms with E-state index in [0.717, 1.165) is 17.8 Å². The second-order valence-electron chi connectivity index (χ2n) is 8.73. The van der Waals surface area contributed by atoms with E-state index in [0.29, 0.717) is 0 Å². The zero-order valence-corrected chi connectivity index (χ0v) is 17.4. The molecule has 0 aromatic heterocycles. The molecule has 1 amide bonds. The Bertz CT molecular complexity index is 792. The van der Waals surface area contributed by atoms with E-state index in [1.807, 2.05) is 18.2 Å². The fraction of sp³-hybridized carbons (Fsp3) is 0.400. The summed E-state index contributed by atoms with van der Waals surface area (Å²) in [7, 11) is 0. The maximum atomic E-state index is 12.2. The highest BCUT2D eigenvalue weighted by atomic mass is 16.1. The molecule has 2 aromatic carbocycles. The first kappa shape index (κ1) is 20.3. The summed E-state index contributed by atoms with van der Waals surface area (Å²) in [5.74, 6) is -0.108. The largest absolute Gasteiger partial charge is 0.323 e. The van der Waals surface area contributed by atoms with E-state index in [1.165, 1.54) is 43.5 Å². The Morgan fingerprint density at radius 3 is 2.21 bits per heavy atom. The van der Waals surface area contributed by atoms with Crippen LogP contribution in [-0.2, 0) is 16.8 Å². The molecule has 1 aliphatic heterocycles. The van der Waals surface area contributed by atoms with E-state index in [-0.39, 0.29) is 11.3 Å². The Labute approximate surface area is 169 Å². The number of carbonyl (C=O) groups is 1. The van der Waals surface area contributed by atoms with Crippen molar-refractivity contribution in [3.05, 3.63) is 71.3 Å². The van der Waals surface area contributed by atoms with Crippen molar-refractivity contribution in [3.63, 3.8) is 0 Å². The normalized spacial score (nSPS) is 15.7. The number of benzene rings is 2. The highest BCUT2D eigenvalue weighted by Crippen LogP contribution is 2.22. The Hall–Kier alpha value is -2.39. The minimum atomic E-state index is -0.108. The summed E-state index contributed by atoms with van der Waals surface area (Å²) in [5.41, 5.74) is 4.59. The van der Waals surface area contributed by atoms with Crippen molar-refractivity contribution in [2.45, 2.75) is 52.0 Å². The van der Waals surface area contributed by atoms with Crippen molar-refractivity contribution < 1.29 is 4.79 Å². The first-order chi connectivity index (χ1) is 13.4. The second kappa shape index (κ2) is 9.20. The van der Waals surface area contributed by atoms with Crippen molar-refractivity contribution >= 4 is 17.7 Å². The van der Waals surface area contributed by atoms with E-state index >= 15 is 0 Å².